The number of imide groups is 1. The zero-order chi connectivity index (χ0) is 15.7. The van der Waals surface area contributed by atoms with Gasteiger partial charge in [0.2, 0.25) is 0 Å². The summed E-state index contributed by atoms with van der Waals surface area (Å²) in [6.07, 6.45) is 0. The number of urea groups is 1. The Morgan fingerprint density at radius 3 is 2.73 bits per heavy atom. The smallest absolute Gasteiger partial charge is 0.326 e. The predicted molar refractivity (Wildman–Crippen MR) is 84.1 cm³/mol. The summed E-state index contributed by atoms with van der Waals surface area (Å²) in [7, 11) is 0. The summed E-state index contributed by atoms with van der Waals surface area (Å²) in [4.78, 5) is 28.4. The van der Waals surface area contributed by atoms with Crippen molar-refractivity contribution in [3.05, 3.63) is 34.3 Å². The highest BCUT2D eigenvalue weighted by Crippen LogP contribution is 2.30. The molecule has 2 heterocycles. The average Bonchev–Trinajstić information content (AvgIpc) is 2.73. The van der Waals surface area contributed by atoms with Gasteiger partial charge in [0.1, 0.15) is 5.54 Å². The van der Waals surface area contributed by atoms with Gasteiger partial charge in [-0.05, 0) is 24.6 Å². The molecule has 0 aromatic heterocycles. The fourth-order valence-electron chi connectivity index (χ4n) is 2.76. The van der Waals surface area contributed by atoms with Gasteiger partial charge in [-0.25, -0.2) is 9.69 Å². The summed E-state index contributed by atoms with van der Waals surface area (Å²) in [5.74, 6) is -0.220. The van der Waals surface area contributed by atoms with Crippen LogP contribution in [-0.2, 0) is 15.1 Å². The fourth-order valence-corrected chi connectivity index (χ4v) is 3.16. The number of ether oxygens (including phenoxy) is 1. The second-order valence-electron chi connectivity index (χ2n) is 5.67. The predicted octanol–water partition coefficient (Wildman–Crippen LogP) is 1.51. The molecule has 1 aromatic carbocycles. The van der Waals surface area contributed by atoms with E-state index in [0.29, 0.717) is 19.9 Å². The molecule has 2 aliphatic rings. The first-order valence-electron chi connectivity index (χ1n) is 7.21. The number of carbonyl (C=O) groups is 2. The molecule has 1 unspecified atom stereocenters. The average molecular weight is 368 g/mol. The van der Waals surface area contributed by atoms with Crippen molar-refractivity contribution in [2.75, 3.05) is 33.0 Å². The number of amides is 3. The van der Waals surface area contributed by atoms with Crippen LogP contribution in [0.25, 0.3) is 0 Å². The van der Waals surface area contributed by atoms with E-state index in [2.05, 4.69) is 21.2 Å². The largest absolute Gasteiger partial charge is 0.379 e. The van der Waals surface area contributed by atoms with Crippen LogP contribution in [0.3, 0.4) is 0 Å². The summed E-state index contributed by atoms with van der Waals surface area (Å²) in [5.41, 5.74) is -0.252. The first-order chi connectivity index (χ1) is 10.5. The molecule has 6 nitrogen and oxygen atoms in total. The Bertz CT molecular complexity index is 603. The fraction of sp³-hybridized carbons (Fsp3) is 0.467. The monoisotopic (exact) mass is 367 g/mol. The van der Waals surface area contributed by atoms with Crippen molar-refractivity contribution in [1.82, 2.24) is 15.1 Å². The molecule has 0 aliphatic carbocycles. The normalized spacial score (nSPS) is 26.4. The summed E-state index contributed by atoms with van der Waals surface area (Å²) in [6.45, 7) is 4.76. The second-order valence-corrected chi connectivity index (χ2v) is 6.59. The zero-order valence-corrected chi connectivity index (χ0v) is 13.9. The van der Waals surface area contributed by atoms with Crippen molar-refractivity contribution in [2.45, 2.75) is 12.5 Å². The molecule has 7 heteroatoms. The van der Waals surface area contributed by atoms with E-state index in [0.717, 1.165) is 23.1 Å². The van der Waals surface area contributed by atoms with E-state index in [1.165, 1.54) is 4.90 Å². The van der Waals surface area contributed by atoms with Gasteiger partial charge in [0.05, 0.1) is 19.9 Å². The number of benzene rings is 1. The van der Waals surface area contributed by atoms with E-state index < -0.39 is 5.54 Å². The molecule has 3 amide bonds. The quantitative estimate of drug-likeness (QED) is 0.822. The Kier molecular flexibility index (Phi) is 4.20. The van der Waals surface area contributed by atoms with E-state index in [1.807, 2.05) is 29.2 Å². The van der Waals surface area contributed by atoms with Gasteiger partial charge in [-0.2, -0.15) is 0 Å². The minimum Gasteiger partial charge on any atom is -0.379 e. The summed E-state index contributed by atoms with van der Waals surface area (Å²) >= 11 is 3.40. The van der Waals surface area contributed by atoms with Gasteiger partial charge in [-0.3, -0.25) is 9.69 Å². The van der Waals surface area contributed by atoms with Crippen LogP contribution in [0.2, 0.25) is 0 Å². The van der Waals surface area contributed by atoms with Gasteiger partial charge in [0.25, 0.3) is 5.91 Å². The van der Waals surface area contributed by atoms with E-state index in [-0.39, 0.29) is 11.9 Å². The summed E-state index contributed by atoms with van der Waals surface area (Å²) < 4.78 is 6.17. The first kappa shape index (κ1) is 15.5. The maximum Gasteiger partial charge on any atom is 0.326 e. The van der Waals surface area contributed by atoms with E-state index in [4.69, 9.17) is 4.74 Å². The van der Waals surface area contributed by atoms with Crippen molar-refractivity contribution in [3.8, 4) is 0 Å². The molecular weight excluding hydrogens is 350 g/mol. The third kappa shape index (κ3) is 2.76. The molecule has 0 saturated carbocycles. The maximum atomic E-state index is 12.8. The third-order valence-corrected chi connectivity index (χ3v) is 4.62. The van der Waals surface area contributed by atoms with E-state index >= 15 is 0 Å². The van der Waals surface area contributed by atoms with Crippen LogP contribution in [0.4, 0.5) is 4.79 Å². The number of nitrogens with zero attached hydrogens (tertiary/aromatic N) is 2. The Balaban J connectivity index is 1.81. The number of halogens is 1. The van der Waals surface area contributed by atoms with Crippen LogP contribution >= 0.6 is 15.9 Å². The molecular formula is C15H18BrN3O3. The van der Waals surface area contributed by atoms with Crippen LogP contribution in [0.5, 0.6) is 0 Å². The highest BCUT2D eigenvalue weighted by Gasteiger charge is 2.49. The lowest BCUT2D eigenvalue weighted by Gasteiger charge is -2.30. The number of nitrogens with one attached hydrogen (secondary N) is 1. The first-order valence-corrected chi connectivity index (χ1v) is 8.00. The molecule has 1 N–H and O–H groups in total. The van der Waals surface area contributed by atoms with Crippen LogP contribution < -0.4 is 5.32 Å². The Hall–Kier alpha value is -1.44. The van der Waals surface area contributed by atoms with Gasteiger partial charge in [0.15, 0.2) is 0 Å². The molecule has 1 atom stereocenters. The van der Waals surface area contributed by atoms with Crippen molar-refractivity contribution in [2.24, 2.45) is 0 Å². The number of morpholine rings is 1. The van der Waals surface area contributed by atoms with Gasteiger partial charge in [-0.15, -0.1) is 0 Å². The van der Waals surface area contributed by atoms with Crippen LogP contribution in [0.1, 0.15) is 12.5 Å². The maximum absolute atomic E-state index is 12.8. The highest BCUT2D eigenvalue weighted by atomic mass is 79.9. The topological polar surface area (TPSA) is 61.9 Å². The molecule has 0 spiro atoms. The molecule has 0 bridgehead atoms. The highest BCUT2D eigenvalue weighted by molar-refractivity contribution is 9.10. The summed E-state index contributed by atoms with van der Waals surface area (Å²) in [6, 6.07) is 7.10. The number of hydrogen-bond donors (Lipinski definition) is 1. The van der Waals surface area contributed by atoms with Gasteiger partial charge in [0, 0.05) is 17.6 Å². The van der Waals surface area contributed by atoms with Gasteiger partial charge >= 0.3 is 6.03 Å². The van der Waals surface area contributed by atoms with Crippen molar-refractivity contribution >= 4 is 27.9 Å². The molecule has 2 aliphatic heterocycles. The van der Waals surface area contributed by atoms with Crippen molar-refractivity contribution in [1.29, 1.82) is 0 Å². The van der Waals surface area contributed by atoms with Crippen LogP contribution in [-0.4, -0.2) is 54.7 Å². The van der Waals surface area contributed by atoms with E-state index in [9.17, 15) is 9.59 Å². The molecule has 3 rings (SSSR count). The lowest BCUT2D eigenvalue weighted by atomic mass is 9.92. The third-order valence-electron chi connectivity index (χ3n) is 4.12. The van der Waals surface area contributed by atoms with Crippen LogP contribution in [0.15, 0.2) is 28.7 Å². The summed E-state index contributed by atoms with van der Waals surface area (Å²) in [5, 5.41) is 2.82. The molecule has 2 saturated heterocycles. The molecule has 118 valence electrons. The zero-order valence-electron chi connectivity index (χ0n) is 12.3. The lowest BCUT2D eigenvalue weighted by molar-refractivity contribution is -0.133. The Labute approximate surface area is 137 Å². The van der Waals surface area contributed by atoms with Crippen molar-refractivity contribution < 1.29 is 14.3 Å². The number of carbonyl (C=O) groups excluding carboxylic acids is 2. The standard InChI is InChI=1S/C15H18BrN3O3/c1-15(11-3-2-4-12(16)9-11)13(20)19(14(21)17-15)10-18-5-7-22-8-6-18/h2-4,9H,5-8,10H2,1H3,(H,17,21). The minimum absolute atomic E-state index is 0.220. The van der Waals surface area contributed by atoms with Crippen LogP contribution in [0, 0.1) is 0 Å². The number of rotatable bonds is 3. The van der Waals surface area contributed by atoms with Gasteiger partial charge < -0.3 is 10.1 Å². The van der Waals surface area contributed by atoms with Gasteiger partial charge in [-0.1, -0.05) is 28.1 Å². The number of hydrogen-bond acceptors (Lipinski definition) is 4. The second kappa shape index (κ2) is 5.98. The molecule has 1 aromatic rings. The lowest BCUT2D eigenvalue weighted by Crippen LogP contribution is -2.47. The van der Waals surface area contributed by atoms with E-state index in [1.54, 1.807) is 6.92 Å². The van der Waals surface area contributed by atoms with Crippen molar-refractivity contribution in [3.63, 3.8) is 0 Å². The Morgan fingerprint density at radius 1 is 1.32 bits per heavy atom. The molecule has 2 fully saturated rings. The SMILES string of the molecule is CC1(c2cccc(Br)c2)NC(=O)N(CN2CCOCC2)C1=O. The molecule has 0 radical (unpaired) electrons. The minimum atomic E-state index is -1.02. The Morgan fingerprint density at radius 2 is 2.05 bits per heavy atom. The molecule has 22 heavy (non-hydrogen) atoms.